The summed E-state index contributed by atoms with van der Waals surface area (Å²) >= 11 is 3.00. The molecule has 1 saturated carbocycles. The summed E-state index contributed by atoms with van der Waals surface area (Å²) in [5.74, 6) is -0.629. The van der Waals surface area contributed by atoms with Gasteiger partial charge in [0.15, 0.2) is 0 Å². The van der Waals surface area contributed by atoms with Crippen molar-refractivity contribution < 1.29 is 17.6 Å². The summed E-state index contributed by atoms with van der Waals surface area (Å²) in [6, 6.07) is 3.30. The van der Waals surface area contributed by atoms with Gasteiger partial charge in [0.2, 0.25) is 0 Å². The first kappa shape index (κ1) is 12.8. The molecule has 2 aromatic rings. The highest BCUT2D eigenvalue weighted by Crippen LogP contribution is 2.48. The number of hydrogen-bond acceptors (Lipinski definition) is 1. The molecule has 19 heavy (non-hydrogen) atoms. The maximum atomic E-state index is 13.2. The molecule has 0 bridgehead atoms. The van der Waals surface area contributed by atoms with Crippen LogP contribution in [0.1, 0.15) is 30.0 Å². The monoisotopic (exact) mass is 333 g/mol. The van der Waals surface area contributed by atoms with Gasteiger partial charge in [-0.1, -0.05) is 0 Å². The van der Waals surface area contributed by atoms with Gasteiger partial charge in [-0.3, -0.25) is 4.98 Å². The Labute approximate surface area is 114 Å². The Bertz CT molecular complexity index is 662. The summed E-state index contributed by atoms with van der Waals surface area (Å²) in [4.78, 5) is 4.24. The smallest absolute Gasteiger partial charge is 0.251 e. The number of halogens is 5. The second-order valence-corrected chi connectivity index (χ2v) is 5.41. The SMILES string of the molecule is Fc1ccc2nc(C3CC3)c(Br)c(C(F)(F)F)c2c1. The van der Waals surface area contributed by atoms with Crippen molar-refractivity contribution in [1.82, 2.24) is 4.98 Å². The zero-order chi connectivity index (χ0) is 13.8. The Morgan fingerprint density at radius 1 is 1.21 bits per heavy atom. The van der Waals surface area contributed by atoms with E-state index in [0.717, 1.165) is 25.0 Å². The van der Waals surface area contributed by atoms with Gasteiger partial charge in [-0.15, -0.1) is 0 Å². The third-order valence-electron chi connectivity index (χ3n) is 3.16. The van der Waals surface area contributed by atoms with Crippen LogP contribution in [0, 0.1) is 5.82 Å². The van der Waals surface area contributed by atoms with Crippen molar-refractivity contribution in [2.24, 2.45) is 0 Å². The number of alkyl halides is 3. The number of fused-ring (bicyclic) bond motifs is 1. The number of aromatic nitrogens is 1. The van der Waals surface area contributed by atoms with Gasteiger partial charge < -0.3 is 0 Å². The quantitative estimate of drug-likeness (QED) is 0.667. The van der Waals surface area contributed by atoms with Crippen LogP contribution in [0.5, 0.6) is 0 Å². The molecule has 0 N–H and O–H groups in total. The van der Waals surface area contributed by atoms with Crippen molar-refractivity contribution >= 4 is 26.8 Å². The first-order valence-corrected chi connectivity index (χ1v) is 6.53. The van der Waals surface area contributed by atoms with Crippen LogP contribution in [0.3, 0.4) is 0 Å². The fraction of sp³-hybridized carbons (Fsp3) is 0.308. The fourth-order valence-electron chi connectivity index (χ4n) is 2.14. The largest absolute Gasteiger partial charge is 0.418 e. The van der Waals surface area contributed by atoms with Gasteiger partial charge >= 0.3 is 6.18 Å². The summed E-state index contributed by atoms with van der Waals surface area (Å²) in [6.07, 6.45) is -2.86. The fourth-order valence-corrected chi connectivity index (χ4v) is 2.99. The van der Waals surface area contributed by atoms with E-state index in [1.165, 1.54) is 6.07 Å². The van der Waals surface area contributed by atoms with Gasteiger partial charge in [0, 0.05) is 11.3 Å². The van der Waals surface area contributed by atoms with Crippen molar-refractivity contribution in [1.29, 1.82) is 0 Å². The number of pyridine rings is 1. The molecule has 0 spiro atoms. The maximum Gasteiger partial charge on any atom is 0.418 e. The van der Waals surface area contributed by atoms with Crippen LogP contribution in [-0.2, 0) is 6.18 Å². The number of nitrogens with zero attached hydrogens (tertiary/aromatic N) is 1. The molecule has 0 saturated heterocycles. The molecule has 0 amide bonds. The molecule has 6 heteroatoms. The predicted molar refractivity (Wildman–Crippen MR) is 66.4 cm³/mol. The van der Waals surface area contributed by atoms with Gasteiger partial charge in [0.25, 0.3) is 0 Å². The minimum atomic E-state index is -4.54. The number of rotatable bonds is 1. The lowest BCUT2D eigenvalue weighted by Gasteiger charge is -2.15. The summed E-state index contributed by atoms with van der Waals surface area (Å²) in [5.41, 5.74) is -0.232. The average Bonchev–Trinajstić information content (AvgIpc) is 3.10. The summed E-state index contributed by atoms with van der Waals surface area (Å²) < 4.78 is 52.7. The third-order valence-corrected chi connectivity index (χ3v) is 3.96. The molecule has 1 nitrogen and oxygen atoms in total. The Morgan fingerprint density at radius 2 is 1.89 bits per heavy atom. The first-order chi connectivity index (χ1) is 8.88. The van der Waals surface area contributed by atoms with Crippen LogP contribution < -0.4 is 0 Å². The highest BCUT2D eigenvalue weighted by atomic mass is 79.9. The normalized spacial score (nSPS) is 16.1. The van der Waals surface area contributed by atoms with Crippen LogP contribution >= 0.6 is 15.9 Å². The first-order valence-electron chi connectivity index (χ1n) is 5.74. The van der Waals surface area contributed by atoms with Gasteiger partial charge in [-0.25, -0.2) is 4.39 Å². The van der Waals surface area contributed by atoms with Gasteiger partial charge in [-0.2, -0.15) is 13.2 Å². The third kappa shape index (κ3) is 2.22. The maximum absolute atomic E-state index is 13.2. The molecule has 1 aromatic heterocycles. The van der Waals surface area contributed by atoms with Crippen LogP contribution in [0.2, 0.25) is 0 Å². The van der Waals surface area contributed by atoms with E-state index < -0.39 is 17.6 Å². The van der Waals surface area contributed by atoms with Crippen LogP contribution in [0.25, 0.3) is 10.9 Å². The zero-order valence-electron chi connectivity index (χ0n) is 9.56. The second kappa shape index (κ2) is 4.16. The van der Waals surface area contributed by atoms with E-state index in [4.69, 9.17) is 0 Å². The van der Waals surface area contributed by atoms with E-state index in [2.05, 4.69) is 20.9 Å². The average molecular weight is 334 g/mol. The molecule has 0 unspecified atom stereocenters. The molecule has 1 heterocycles. The van der Waals surface area contributed by atoms with E-state index in [-0.39, 0.29) is 21.3 Å². The number of benzene rings is 1. The molecular formula is C13H8BrF4N. The van der Waals surface area contributed by atoms with E-state index in [1.807, 2.05) is 0 Å². The molecule has 0 radical (unpaired) electrons. The van der Waals surface area contributed by atoms with Crippen molar-refractivity contribution in [2.75, 3.05) is 0 Å². The van der Waals surface area contributed by atoms with Crippen LogP contribution in [-0.4, -0.2) is 4.98 Å². The lowest BCUT2D eigenvalue weighted by atomic mass is 10.1. The summed E-state index contributed by atoms with van der Waals surface area (Å²) in [7, 11) is 0. The van der Waals surface area contributed by atoms with Crippen LogP contribution in [0.4, 0.5) is 17.6 Å². The Balaban J connectivity index is 2.39. The van der Waals surface area contributed by atoms with E-state index >= 15 is 0 Å². The van der Waals surface area contributed by atoms with Crippen LogP contribution in [0.15, 0.2) is 22.7 Å². The van der Waals surface area contributed by atoms with Gasteiger partial charge in [-0.05, 0) is 47.0 Å². The molecule has 1 aliphatic rings. The van der Waals surface area contributed by atoms with E-state index in [0.29, 0.717) is 5.69 Å². The molecule has 1 aromatic carbocycles. The highest BCUT2D eigenvalue weighted by molar-refractivity contribution is 9.10. The molecule has 0 atom stereocenters. The number of hydrogen-bond donors (Lipinski definition) is 0. The molecule has 0 aliphatic heterocycles. The summed E-state index contributed by atoms with van der Waals surface area (Å²) in [5, 5.41) is -0.205. The lowest BCUT2D eigenvalue weighted by Crippen LogP contribution is -2.10. The van der Waals surface area contributed by atoms with E-state index in [1.54, 1.807) is 0 Å². The minimum absolute atomic E-state index is 0.0550. The van der Waals surface area contributed by atoms with Gasteiger partial charge in [0.1, 0.15) is 5.82 Å². The Kier molecular flexibility index (Phi) is 2.81. The Hall–Kier alpha value is -1.17. The van der Waals surface area contributed by atoms with Crippen molar-refractivity contribution in [3.8, 4) is 0 Å². The summed E-state index contributed by atoms with van der Waals surface area (Å²) in [6.45, 7) is 0. The molecule has 100 valence electrons. The Morgan fingerprint density at radius 3 is 2.47 bits per heavy atom. The molecule has 3 rings (SSSR count). The van der Waals surface area contributed by atoms with Crippen molar-refractivity contribution in [2.45, 2.75) is 24.9 Å². The van der Waals surface area contributed by atoms with E-state index in [9.17, 15) is 17.6 Å². The standard InChI is InChI=1S/C13H8BrF4N/c14-11-10(13(16,17)18)8-5-7(15)3-4-9(8)19-12(11)6-1-2-6/h3-6H,1-2H2. The molecular weight excluding hydrogens is 326 g/mol. The molecule has 1 aliphatic carbocycles. The zero-order valence-corrected chi connectivity index (χ0v) is 11.1. The molecule has 1 fully saturated rings. The second-order valence-electron chi connectivity index (χ2n) is 4.62. The van der Waals surface area contributed by atoms with Crippen molar-refractivity contribution in [3.05, 3.63) is 39.7 Å². The minimum Gasteiger partial charge on any atom is -0.251 e. The van der Waals surface area contributed by atoms with Crippen molar-refractivity contribution in [3.63, 3.8) is 0 Å². The topological polar surface area (TPSA) is 12.9 Å². The van der Waals surface area contributed by atoms with Gasteiger partial charge in [0.05, 0.1) is 21.2 Å². The highest BCUT2D eigenvalue weighted by Gasteiger charge is 2.39. The predicted octanol–water partition coefficient (Wildman–Crippen LogP) is 5.03. The lowest BCUT2D eigenvalue weighted by molar-refractivity contribution is -0.137.